The van der Waals surface area contributed by atoms with E-state index in [1.807, 2.05) is 0 Å². The normalized spacial score (nSPS) is 10.8. The summed E-state index contributed by atoms with van der Waals surface area (Å²) >= 11 is 0. The molecule has 0 amide bonds. The van der Waals surface area contributed by atoms with Crippen LogP contribution >= 0.6 is 0 Å². The number of phenolic OH excluding ortho intramolecular Hbond substituents is 4. The number of hydrogen-bond donors (Lipinski definition) is 4. The Balaban J connectivity index is 2.34. The number of benzene rings is 2. The summed E-state index contributed by atoms with van der Waals surface area (Å²) < 4.78 is 15.5. The van der Waals surface area contributed by atoms with E-state index in [0.29, 0.717) is 0 Å². The van der Waals surface area contributed by atoms with Gasteiger partial charge in [-0.1, -0.05) is 0 Å². The number of hydrogen-bond acceptors (Lipinski definition) is 8. The van der Waals surface area contributed by atoms with Crippen molar-refractivity contribution in [1.82, 2.24) is 0 Å². The maximum atomic E-state index is 12.4. The number of rotatable bonds is 3. The maximum Gasteiger partial charge on any atom is 0.204 e. The highest BCUT2D eigenvalue weighted by molar-refractivity contribution is 5.91. The molecule has 0 saturated carbocycles. The monoisotopic (exact) mass is 346 g/mol. The van der Waals surface area contributed by atoms with E-state index in [-0.39, 0.29) is 45.3 Å². The van der Waals surface area contributed by atoms with Gasteiger partial charge in [0.1, 0.15) is 16.9 Å². The van der Waals surface area contributed by atoms with Gasteiger partial charge >= 0.3 is 0 Å². The van der Waals surface area contributed by atoms with Gasteiger partial charge in [-0.15, -0.1) is 0 Å². The first-order valence-corrected chi connectivity index (χ1v) is 7.04. The van der Waals surface area contributed by atoms with E-state index in [1.54, 1.807) is 0 Å². The van der Waals surface area contributed by atoms with Crippen LogP contribution in [-0.4, -0.2) is 34.6 Å². The van der Waals surface area contributed by atoms with E-state index < -0.39 is 16.9 Å². The first-order valence-electron chi connectivity index (χ1n) is 7.04. The Kier molecular flexibility index (Phi) is 3.80. The van der Waals surface area contributed by atoms with Crippen LogP contribution in [0.15, 0.2) is 33.5 Å². The van der Waals surface area contributed by atoms with Crippen LogP contribution in [0, 0.1) is 0 Å². The summed E-state index contributed by atoms with van der Waals surface area (Å²) in [6.07, 6.45) is 0. The summed E-state index contributed by atoms with van der Waals surface area (Å²) in [6, 6.07) is 4.53. The van der Waals surface area contributed by atoms with Crippen molar-refractivity contribution in [2.24, 2.45) is 0 Å². The van der Waals surface area contributed by atoms with E-state index in [9.17, 15) is 25.2 Å². The first kappa shape index (κ1) is 16.3. The van der Waals surface area contributed by atoms with Crippen LogP contribution in [0.25, 0.3) is 22.3 Å². The van der Waals surface area contributed by atoms with Gasteiger partial charge in [-0.05, 0) is 12.1 Å². The average molecular weight is 346 g/mol. The molecule has 0 aliphatic carbocycles. The van der Waals surface area contributed by atoms with Crippen molar-refractivity contribution in [1.29, 1.82) is 0 Å². The highest BCUT2D eigenvalue weighted by atomic mass is 16.5. The first-order chi connectivity index (χ1) is 11.9. The van der Waals surface area contributed by atoms with Gasteiger partial charge < -0.3 is 34.3 Å². The van der Waals surface area contributed by atoms with Gasteiger partial charge in [0, 0.05) is 17.7 Å². The van der Waals surface area contributed by atoms with Gasteiger partial charge in [0.25, 0.3) is 0 Å². The Bertz CT molecular complexity index is 1010. The molecular formula is C17H14O8. The van der Waals surface area contributed by atoms with Crippen LogP contribution in [0.1, 0.15) is 0 Å². The number of aromatic hydroxyl groups is 4. The molecule has 0 unspecified atom stereocenters. The molecule has 130 valence electrons. The minimum absolute atomic E-state index is 0.0194. The number of ether oxygens (including phenoxy) is 2. The van der Waals surface area contributed by atoms with Crippen molar-refractivity contribution in [2.45, 2.75) is 0 Å². The van der Waals surface area contributed by atoms with Crippen LogP contribution in [0.3, 0.4) is 0 Å². The molecule has 0 bridgehead atoms. The lowest BCUT2D eigenvalue weighted by Gasteiger charge is -2.11. The molecule has 3 rings (SSSR count). The van der Waals surface area contributed by atoms with E-state index in [2.05, 4.69) is 0 Å². The van der Waals surface area contributed by atoms with Crippen molar-refractivity contribution in [2.75, 3.05) is 14.2 Å². The fourth-order valence-electron chi connectivity index (χ4n) is 2.57. The second-order valence-electron chi connectivity index (χ2n) is 5.17. The highest BCUT2D eigenvalue weighted by Gasteiger charge is 2.20. The molecule has 25 heavy (non-hydrogen) atoms. The van der Waals surface area contributed by atoms with Crippen LogP contribution in [0.4, 0.5) is 0 Å². The topological polar surface area (TPSA) is 130 Å². The molecule has 0 saturated heterocycles. The fraction of sp³-hybridized carbons (Fsp3) is 0.118. The molecule has 0 fully saturated rings. The molecule has 0 aliphatic rings. The van der Waals surface area contributed by atoms with Gasteiger partial charge in [0.05, 0.1) is 14.2 Å². The Morgan fingerprint density at radius 3 is 1.92 bits per heavy atom. The third-order valence-corrected chi connectivity index (χ3v) is 3.66. The smallest absolute Gasteiger partial charge is 0.204 e. The van der Waals surface area contributed by atoms with Gasteiger partial charge in [0.15, 0.2) is 28.3 Å². The Morgan fingerprint density at radius 1 is 0.800 bits per heavy atom. The van der Waals surface area contributed by atoms with E-state index in [1.165, 1.54) is 26.4 Å². The lowest BCUT2D eigenvalue weighted by Crippen LogP contribution is -2.02. The molecule has 2 aromatic carbocycles. The summed E-state index contributed by atoms with van der Waals surface area (Å²) in [4.78, 5) is 12.4. The SMILES string of the molecule is COc1c(O)cc(-c2cc(=O)c3c(O)cc(O)c(OC)c3o2)cc1O. The summed E-state index contributed by atoms with van der Waals surface area (Å²) in [5.74, 6) is -1.86. The zero-order chi connectivity index (χ0) is 18.3. The minimum atomic E-state index is -0.596. The van der Waals surface area contributed by atoms with Crippen molar-refractivity contribution in [3.05, 3.63) is 34.5 Å². The molecule has 0 spiro atoms. The fourth-order valence-corrected chi connectivity index (χ4v) is 2.57. The van der Waals surface area contributed by atoms with Crippen LogP contribution < -0.4 is 14.9 Å². The largest absolute Gasteiger partial charge is 0.507 e. The van der Waals surface area contributed by atoms with Gasteiger partial charge in [-0.25, -0.2) is 0 Å². The quantitative estimate of drug-likeness (QED) is 0.568. The van der Waals surface area contributed by atoms with E-state index in [4.69, 9.17) is 13.9 Å². The Labute approximate surface area is 140 Å². The molecule has 1 heterocycles. The molecule has 0 atom stereocenters. The maximum absolute atomic E-state index is 12.4. The zero-order valence-electron chi connectivity index (χ0n) is 13.2. The summed E-state index contributed by atoms with van der Waals surface area (Å²) in [5.41, 5.74) is -0.584. The lowest BCUT2D eigenvalue weighted by atomic mass is 10.1. The number of methoxy groups -OCH3 is 2. The van der Waals surface area contributed by atoms with Crippen molar-refractivity contribution < 1.29 is 34.3 Å². The van der Waals surface area contributed by atoms with Crippen molar-refractivity contribution in [3.63, 3.8) is 0 Å². The molecular weight excluding hydrogens is 332 g/mol. The van der Waals surface area contributed by atoms with Crippen molar-refractivity contribution >= 4 is 11.0 Å². The zero-order valence-corrected chi connectivity index (χ0v) is 13.2. The molecule has 8 heteroatoms. The molecule has 3 aromatic rings. The molecule has 0 aliphatic heterocycles. The molecule has 1 aromatic heterocycles. The second kappa shape index (κ2) is 5.82. The van der Waals surface area contributed by atoms with Gasteiger partial charge in [-0.2, -0.15) is 0 Å². The highest BCUT2D eigenvalue weighted by Crippen LogP contribution is 2.43. The van der Waals surface area contributed by atoms with E-state index >= 15 is 0 Å². The predicted octanol–water partition coefficient (Wildman–Crippen LogP) is 2.30. The third kappa shape index (κ3) is 2.53. The Hall–Kier alpha value is -3.55. The standard InChI is InChI=1S/C17H14O8/c1-23-15-10(20)3-7(4-11(15)21)13-6-9(19)14-8(18)5-12(22)16(24-2)17(14)25-13/h3-6,18,20-22H,1-2H3. The van der Waals surface area contributed by atoms with Gasteiger partial charge in [-0.3, -0.25) is 4.79 Å². The van der Waals surface area contributed by atoms with E-state index in [0.717, 1.165) is 12.1 Å². The minimum Gasteiger partial charge on any atom is -0.507 e. The average Bonchev–Trinajstić information content (AvgIpc) is 2.54. The molecule has 4 N–H and O–H groups in total. The second-order valence-corrected chi connectivity index (χ2v) is 5.17. The molecule has 0 radical (unpaired) electrons. The predicted molar refractivity (Wildman–Crippen MR) is 87.7 cm³/mol. The summed E-state index contributed by atoms with van der Waals surface area (Å²) in [6.45, 7) is 0. The van der Waals surface area contributed by atoms with Crippen LogP contribution in [0.5, 0.6) is 34.5 Å². The molecule has 8 nitrogen and oxygen atoms in total. The summed E-state index contributed by atoms with van der Waals surface area (Å²) in [7, 11) is 2.55. The lowest BCUT2D eigenvalue weighted by molar-refractivity contribution is 0.344. The van der Waals surface area contributed by atoms with Crippen LogP contribution in [-0.2, 0) is 0 Å². The Morgan fingerprint density at radius 2 is 1.36 bits per heavy atom. The third-order valence-electron chi connectivity index (χ3n) is 3.66. The van der Waals surface area contributed by atoms with Crippen molar-refractivity contribution in [3.8, 4) is 45.8 Å². The number of fused-ring (bicyclic) bond motifs is 1. The van der Waals surface area contributed by atoms with Crippen LogP contribution in [0.2, 0.25) is 0 Å². The summed E-state index contributed by atoms with van der Waals surface area (Å²) in [5, 5.41) is 39.4. The number of phenols is 4. The van der Waals surface area contributed by atoms with Gasteiger partial charge in [0.2, 0.25) is 11.5 Å².